The lowest BCUT2D eigenvalue weighted by molar-refractivity contribution is -0.133. The Hall–Kier alpha value is -0.330. The summed E-state index contributed by atoms with van der Waals surface area (Å²) in [6.45, 7) is 16.6. The molecule has 0 aliphatic heterocycles. The first kappa shape index (κ1) is 16.1. The van der Waals surface area contributed by atoms with Crippen LogP contribution in [-0.4, -0.2) is 5.78 Å². The van der Waals surface area contributed by atoms with Gasteiger partial charge in [0.15, 0.2) is 0 Å². The molecule has 0 rings (SSSR count). The van der Waals surface area contributed by atoms with E-state index in [0.29, 0.717) is 12.2 Å². The Morgan fingerprint density at radius 2 is 1.36 bits per heavy atom. The van der Waals surface area contributed by atoms with E-state index in [1.807, 2.05) is 20.8 Å². The van der Waals surface area contributed by atoms with E-state index < -0.39 is 0 Å². The molecule has 0 fully saturated rings. The summed E-state index contributed by atoms with van der Waals surface area (Å²) < 4.78 is 0. The summed E-state index contributed by atoms with van der Waals surface area (Å²) in [4.78, 5) is 11.7. The van der Waals surface area contributed by atoms with Crippen molar-refractivity contribution in [3.05, 3.63) is 0 Å². The van der Waals surface area contributed by atoms with Gasteiger partial charge in [0.2, 0.25) is 0 Å². The van der Waals surface area contributed by atoms with Crippen molar-refractivity contribution in [2.24, 2.45) is 10.8 Å². The predicted molar refractivity (Wildman–Crippen MR) is 64.5 cm³/mol. The molecule has 0 saturated heterocycles. The average molecular weight is 200 g/mol. The zero-order chi connectivity index (χ0) is 12.0. The Balaban J connectivity index is 0. The molecule has 1 unspecified atom stereocenters. The lowest BCUT2D eigenvalue weighted by atomic mass is 9.63. The molecule has 1 heteroatoms. The second kappa shape index (κ2) is 6.21. The van der Waals surface area contributed by atoms with Gasteiger partial charge in [-0.25, -0.2) is 0 Å². The second-order valence-corrected chi connectivity index (χ2v) is 4.71. The summed E-state index contributed by atoms with van der Waals surface area (Å²) in [7, 11) is 0. The van der Waals surface area contributed by atoms with Gasteiger partial charge in [-0.15, -0.1) is 0 Å². The van der Waals surface area contributed by atoms with Crippen LogP contribution in [-0.2, 0) is 4.79 Å². The molecule has 0 aromatic heterocycles. The zero-order valence-corrected chi connectivity index (χ0v) is 11.3. The zero-order valence-electron chi connectivity index (χ0n) is 11.3. The Bertz CT molecular complexity index is 165. The first-order valence-electron chi connectivity index (χ1n) is 5.83. The van der Waals surface area contributed by atoms with Crippen molar-refractivity contribution >= 4 is 5.78 Å². The molecule has 0 aliphatic carbocycles. The van der Waals surface area contributed by atoms with Gasteiger partial charge in [0.05, 0.1) is 0 Å². The predicted octanol–water partition coefficient (Wildman–Crippen LogP) is 4.45. The van der Waals surface area contributed by atoms with E-state index >= 15 is 0 Å². The maximum absolute atomic E-state index is 11.7. The van der Waals surface area contributed by atoms with Crippen molar-refractivity contribution in [2.45, 2.75) is 68.2 Å². The van der Waals surface area contributed by atoms with Crippen LogP contribution >= 0.6 is 0 Å². The molecule has 0 aliphatic rings. The Morgan fingerprint density at radius 3 is 1.43 bits per heavy atom. The minimum absolute atomic E-state index is 0.0782. The van der Waals surface area contributed by atoms with Crippen molar-refractivity contribution < 1.29 is 4.79 Å². The molecule has 0 saturated carbocycles. The minimum Gasteiger partial charge on any atom is -0.299 e. The van der Waals surface area contributed by atoms with Gasteiger partial charge >= 0.3 is 0 Å². The number of carbonyl (C=O) groups is 1. The standard InChI is InChI=1S/C11H22O.C2H6/c1-7-9(12)11(6,8-2)10(3,4)5;1-2/h7-8H2,1-6H3;1-2H3. The summed E-state index contributed by atoms with van der Waals surface area (Å²) in [5.41, 5.74) is -0.0728. The molecule has 0 aromatic carbocycles. The van der Waals surface area contributed by atoms with Gasteiger partial charge in [-0.3, -0.25) is 4.79 Å². The van der Waals surface area contributed by atoms with Gasteiger partial charge in [0, 0.05) is 11.8 Å². The van der Waals surface area contributed by atoms with Gasteiger partial charge in [0.1, 0.15) is 5.78 Å². The highest BCUT2D eigenvalue weighted by Gasteiger charge is 2.40. The molecule has 0 radical (unpaired) electrons. The van der Waals surface area contributed by atoms with Crippen LogP contribution in [0.1, 0.15) is 68.2 Å². The maximum atomic E-state index is 11.7. The monoisotopic (exact) mass is 200 g/mol. The number of ketones is 1. The quantitative estimate of drug-likeness (QED) is 0.657. The SMILES string of the molecule is CC.CCC(=O)C(C)(CC)C(C)(C)C. The molecule has 0 spiro atoms. The molecule has 0 amide bonds. The van der Waals surface area contributed by atoms with Crippen molar-refractivity contribution in [3.63, 3.8) is 0 Å². The number of hydrogen-bond acceptors (Lipinski definition) is 1. The molecule has 0 aromatic rings. The number of hydrogen-bond donors (Lipinski definition) is 0. The van der Waals surface area contributed by atoms with Crippen LogP contribution in [0.25, 0.3) is 0 Å². The van der Waals surface area contributed by atoms with E-state index in [1.54, 1.807) is 0 Å². The van der Waals surface area contributed by atoms with Crippen molar-refractivity contribution in [1.82, 2.24) is 0 Å². The molecule has 0 heterocycles. The molecular weight excluding hydrogens is 172 g/mol. The topological polar surface area (TPSA) is 17.1 Å². The summed E-state index contributed by atoms with van der Waals surface area (Å²) in [6.07, 6.45) is 1.59. The normalized spacial score (nSPS) is 15.1. The maximum Gasteiger partial charge on any atom is 0.138 e. The molecule has 86 valence electrons. The fraction of sp³-hybridized carbons (Fsp3) is 0.923. The average Bonchev–Trinajstić information content (AvgIpc) is 2.16. The summed E-state index contributed by atoms with van der Waals surface area (Å²) >= 11 is 0. The van der Waals surface area contributed by atoms with Crippen LogP contribution in [0, 0.1) is 10.8 Å². The van der Waals surface area contributed by atoms with Gasteiger partial charge in [-0.2, -0.15) is 0 Å². The smallest absolute Gasteiger partial charge is 0.138 e. The highest BCUT2D eigenvalue weighted by atomic mass is 16.1. The van der Waals surface area contributed by atoms with E-state index in [2.05, 4.69) is 34.6 Å². The third-order valence-electron chi connectivity index (χ3n) is 3.30. The van der Waals surface area contributed by atoms with Crippen molar-refractivity contribution in [3.8, 4) is 0 Å². The van der Waals surface area contributed by atoms with Gasteiger partial charge in [-0.1, -0.05) is 55.4 Å². The highest BCUT2D eigenvalue weighted by molar-refractivity contribution is 5.84. The van der Waals surface area contributed by atoms with Crippen LogP contribution in [0.4, 0.5) is 0 Å². The lowest BCUT2D eigenvalue weighted by Gasteiger charge is -2.39. The largest absolute Gasteiger partial charge is 0.299 e. The minimum atomic E-state index is -0.151. The fourth-order valence-corrected chi connectivity index (χ4v) is 1.54. The van der Waals surface area contributed by atoms with Gasteiger partial charge in [0.25, 0.3) is 0 Å². The van der Waals surface area contributed by atoms with Crippen LogP contribution in [0.2, 0.25) is 0 Å². The highest BCUT2D eigenvalue weighted by Crippen LogP contribution is 2.42. The Kier molecular flexibility index (Phi) is 7.15. The third-order valence-corrected chi connectivity index (χ3v) is 3.30. The molecule has 1 nitrogen and oxygen atoms in total. The van der Waals surface area contributed by atoms with Crippen LogP contribution < -0.4 is 0 Å². The van der Waals surface area contributed by atoms with E-state index in [4.69, 9.17) is 0 Å². The molecule has 14 heavy (non-hydrogen) atoms. The van der Waals surface area contributed by atoms with Crippen molar-refractivity contribution in [1.29, 1.82) is 0 Å². The molecule has 1 atom stereocenters. The van der Waals surface area contributed by atoms with E-state index in [1.165, 1.54) is 0 Å². The number of Topliss-reactive ketones (excluding diaryl/α,β-unsaturated/α-hetero) is 1. The molecule has 0 bridgehead atoms. The Labute approximate surface area is 90.3 Å². The lowest BCUT2D eigenvalue weighted by Crippen LogP contribution is -2.39. The van der Waals surface area contributed by atoms with E-state index in [0.717, 1.165) is 6.42 Å². The number of rotatable bonds is 3. The van der Waals surface area contributed by atoms with Gasteiger partial charge < -0.3 is 0 Å². The summed E-state index contributed by atoms with van der Waals surface area (Å²) in [5, 5.41) is 0. The van der Waals surface area contributed by atoms with Crippen molar-refractivity contribution in [2.75, 3.05) is 0 Å². The van der Waals surface area contributed by atoms with Gasteiger partial charge in [-0.05, 0) is 11.8 Å². The summed E-state index contributed by atoms with van der Waals surface area (Å²) in [6, 6.07) is 0. The van der Waals surface area contributed by atoms with Crippen LogP contribution in [0.3, 0.4) is 0 Å². The van der Waals surface area contributed by atoms with Crippen LogP contribution in [0.15, 0.2) is 0 Å². The first-order valence-corrected chi connectivity index (χ1v) is 5.83. The first-order chi connectivity index (χ1) is 6.29. The molecular formula is C13H28O. The Morgan fingerprint density at radius 1 is 1.00 bits per heavy atom. The van der Waals surface area contributed by atoms with E-state index in [9.17, 15) is 4.79 Å². The fourth-order valence-electron chi connectivity index (χ4n) is 1.54. The third kappa shape index (κ3) is 3.43. The second-order valence-electron chi connectivity index (χ2n) is 4.71. The number of carbonyl (C=O) groups excluding carboxylic acids is 1. The van der Waals surface area contributed by atoms with E-state index in [-0.39, 0.29) is 10.8 Å². The molecule has 0 N–H and O–H groups in total. The van der Waals surface area contributed by atoms with Crippen LogP contribution in [0.5, 0.6) is 0 Å². The summed E-state index contributed by atoms with van der Waals surface area (Å²) in [5.74, 6) is 0.387.